The second kappa shape index (κ2) is 6.24. The summed E-state index contributed by atoms with van der Waals surface area (Å²) in [6, 6.07) is 4.12. The largest absolute Gasteiger partial charge is 0.261 e. The predicted octanol–water partition coefficient (Wildman–Crippen LogP) is 3.41. The zero-order chi connectivity index (χ0) is 13.7. The Balaban J connectivity index is 0.000000180. The van der Waals surface area contributed by atoms with Gasteiger partial charge in [0.15, 0.2) is 0 Å². The van der Waals surface area contributed by atoms with E-state index in [0.29, 0.717) is 0 Å². The third-order valence-electron chi connectivity index (χ3n) is 2.86. The lowest BCUT2D eigenvalue weighted by atomic mass is 10.2. The van der Waals surface area contributed by atoms with Crippen molar-refractivity contribution < 1.29 is 0 Å². The zero-order valence-corrected chi connectivity index (χ0v) is 12.1. The minimum atomic E-state index is 0.984. The van der Waals surface area contributed by atoms with E-state index in [9.17, 15) is 0 Å². The molecule has 3 heteroatoms. The molecule has 0 saturated carbocycles. The van der Waals surface area contributed by atoms with E-state index in [1.807, 2.05) is 40.0 Å². The summed E-state index contributed by atoms with van der Waals surface area (Å²) in [7, 11) is 0. The Labute approximate surface area is 109 Å². The number of aromatic nitrogens is 3. The van der Waals surface area contributed by atoms with Gasteiger partial charge in [0.1, 0.15) is 0 Å². The Morgan fingerprint density at radius 3 is 1.72 bits per heavy atom. The van der Waals surface area contributed by atoms with Crippen LogP contribution in [-0.2, 0) is 0 Å². The van der Waals surface area contributed by atoms with Crippen LogP contribution in [0.25, 0.3) is 0 Å². The van der Waals surface area contributed by atoms with Gasteiger partial charge in [0.05, 0.1) is 11.4 Å². The van der Waals surface area contributed by atoms with Crippen molar-refractivity contribution in [2.45, 2.75) is 41.5 Å². The van der Waals surface area contributed by atoms with Crippen LogP contribution in [0.1, 0.15) is 33.8 Å². The molecule has 2 aromatic heterocycles. The van der Waals surface area contributed by atoms with Gasteiger partial charge in [-0.05, 0) is 70.4 Å². The van der Waals surface area contributed by atoms with E-state index in [2.05, 4.69) is 35.1 Å². The van der Waals surface area contributed by atoms with Crippen molar-refractivity contribution in [1.82, 2.24) is 15.2 Å². The zero-order valence-electron chi connectivity index (χ0n) is 12.1. The first-order chi connectivity index (χ1) is 8.40. The Hall–Kier alpha value is -1.77. The van der Waals surface area contributed by atoms with Crippen LogP contribution in [0.3, 0.4) is 0 Å². The molecule has 0 spiro atoms. The molecule has 2 heterocycles. The number of rotatable bonds is 0. The minimum absolute atomic E-state index is 0.984. The molecule has 2 rings (SSSR count). The maximum absolute atomic E-state index is 4.14. The summed E-state index contributed by atoms with van der Waals surface area (Å²) in [6.07, 6.45) is 1.91. The van der Waals surface area contributed by atoms with Crippen molar-refractivity contribution in [2.24, 2.45) is 0 Å². The molecule has 0 N–H and O–H groups in total. The summed E-state index contributed by atoms with van der Waals surface area (Å²) >= 11 is 0. The molecule has 0 aliphatic carbocycles. The molecule has 3 nitrogen and oxygen atoms in total. The molecular formula is C15H21N3. The molecule has 0 amide bonds. The van der Waals surface area contributed by atoms with Crippen LogP contribution in [0, 0.1) is 41.5 Å². The number of aryl methyl sites for hydroxylation is 6. The summed E-state index contributed by atoms with van der Waals surface area (Å²) in [5.74, 6) is 0. The van der Waals surface area contributed by atoms with E-state index in [1.165, 1.54) is 16.7 Å². The normalized spacial score (nSPS) is 9.67. The first-order valence-corrected chi connectivity index (χ1v) is 6.07. The summed E-state index contributed by atoms with van der Waals surface area (Å²) in [5.41, 5.74) is 6.89. The van der Waals surface area contributed by atoms with Gasteiger partial charge < -0.3 is 0 Å². The first kappa shape index (κ1) is 14.3. The molecule has 0 aliphatic heterocycles. The van der Waals surface area contributed by atoms with Gasteiger partial charge in [0, 0.05) is 11.9 Å². The average molecular weight is 243 g/mol. The van der Waals surface area contributed by atoms with Gasteiger partial charge in [-0.1, -0.05) is 0 Å². The molecule has 0 saturated heterocycles. The molecule has 0 radical (unpaired) electrons. The number of hydrogen-bond acceptors (Lipinski definition) is 3. The standard InChI is InChI=1S/C8H11N.C7H10N2/c1-6-4-8(3)9-5-7(6)2;1-5-4-6(2)8-9-7(5)3/h4-5H,1-3H3;4H,1-3H3. The van der Waals surface area contributed by atoms with E-state index in [-0.39, 0.29) is 0 Å². The van der Waals surface area contributed by atoms with Crippen molar-refractivity contribution >= 4 is 0 Å². The number of nitrogens with zero attached hydrogens (tertiary/aromatic N) is 3. The topological polar surface area (TPSA) is 38.7 Å². The molecule has 0 atom stereocenters. The van der Waals surface area contributed by atoms with Gasteiger partial charge in [0.2, 0.25) is 0 Å². The highest BCUT2D eigenvalue weighted by Crippen LogP contribution is 2.04. The van der Waals surface area contributed by atoms with Crippen LogP contribution in [0.5, 0.6) is 0 Å². The Kier molecular flexibility index (Phi) is 4.95. The lowest BCUT2D eigenvalue weighted by molar-refractivity contribution is 0.924. The average Bonchev–Trinajstić information content (AvgIpc) is 2.30. The molecule has 0 aliphatic rings. The third-order valence-corrected chi connectivity index (χ3v) is 2.86. The number of hydrogen-bond donors (Lipinski definition) is 0. The fraction of sp³-hybridized carbons (Fsp3) is 0.400. The Morgan fingerprint density at radius 2 is 1.28 bits per heavy atom. The fourth-order valence-corrected chi connectivity index (χ4v) is 1.44. The monoisotopic (exact) mass is 243 g/mol. The molecule has 0 aromatic carbocycles. The quantitative estimate of drug-likeness (QED) is 0.711. The van der Waals surface area contributed by atoms with E-state index >= 15 is 0 Å². The molecular weight excluding hydrogens is 222 g/mol. The second-order valence-electron chi connectivity index (χ2n) is 4.66. The number of pyridine rings is 1. The van der Waals surface area contributed by atoms with Gasteiger partial charge >= 0.3 is 0 Å². The Bertz CT molecular complexity index is 484. The van der Waals surface area contributed by atoms with Crippen molar-refractivity contribution in [3.63, 3.8) is 0 Å². The second-order valence-corrected chi connectivity index (χ2v) is 4.66. The van der Waals surface area contributed by atoms with Gasteiger partial charge in [0.25, 0.3) is 0 Å². The van der Waals surface area contributed by atoms with Crippen LogP contribution < -0.4 is 0 Å². The summed E-state index contributed by atoms with van der Waals surface area (Å²) in [6.45, 7) is 12.1. The molecule has 0 bridgehead atoms. The highest BCUT2D eigenvalue weighted by atomic mass is 15.1. The smallest absolute Gasteiger partial charge is 0.0629 e. The van der Waals surface area contributed by atoms with Gasteiger partial charge in [-0.15, -0.1) is 0 Å². The van der Waals surface area contributed by atoms with Crippen LogP contribution in [0.2, 0.25) is 0 Å². The molecule has 0 unspecified atom stereocenters. The SMILES string of the molecule is Cc1cc(C)c(C)cn1.Cc1cc(C)c(C)nn1. The first-order valence-electron chi connectivity index (χ1n) is 6.07. The van der Waals surface area contributed by atoms with Gasteiger partial charge in [-0.3, -0.25) is 4.98 Å². The molecule has 2 aromatic rings. The summed E-state index contributed by atoms with van der Waals surface area (Å²) < 4.78 is 0. The van der Waals surface area contributed by atoms with Crippen molar-refractivity contribution in [3.8, 4) is 0 Å². The van der Waals surface area contributed by atoms with Crippen LogP contribution in [-0.4, -0.2) is 15.2 Å². The van der Waals surface area contributed by atoms with Crippen molar-refractivity contribution in [2.75, 3.05) is 0 Å². The minimum Gasteiger partial charge on any atom is -0.261 e. The fourth-order valence-electron chi connectivity index (χ4n) is 1.44. The van der Waals surface area contributed by atoms with Gasteiger partial charge in [-0.25, -0.2) is 0 Å². The predicted molar refractivity (Wildman–Crippen MR) is 74.7 cm³/mol. The molecule has 96 valence electrons. The van der Waals surface area contributed by atoms with E-state index in [4.69, 9.17) is 0 Å². The van der Waals surface area contributed by atoms with E-state index in [0.717, 1.165) is 17.1 Å². The maximum atomic E-state index is 4.14. The van der Waals surface area contributed by atoms with Crippen molar-refractivity contribution in [1.29, 1.82) is 0 Å². The molecule has 18 heavy (non-hydrogen) atoms. The third kappa shape index (κ3) is 4.24. The maximum Gasteiger partial charge on any atom is 0.0629 e. The summed E-state index contributed by atoms with van der Waals surface area (Å²) in [5, 5.41) is 7.82. The van der Waals surface area contributed by atoms with Gasteiger partial charge in [-0.2, -0.15) is 10.2 Å². The highest BCUT2D eigenvalue weighted by molar-refractivity contribution is 5.22. The molecule has 0 fully saturated rings. The van der Waals surface area contributed by atoms with Crippen LogP contribution in [0.15, 0.2) is 18.3 Å². The van der Waals surface area contributed by atoms with Crippen LogP contribution in [0.4, 0.5) is 0 Å². The Morgan fingerprint density at radius 1 is 0.667 bits per heavy atom. The lowest BCUT2D eigenvalue weighted by Gasteiger charge is -1.97. The highest BCUT2D eigenvalue weighted by Gasteiger charge is 1.92. The summed E-state index contributed by atoms with van der Waals surface area (Å²) in [4.78, 5) is 4.14. The lowest BCUT2D eigenvalue weighted by Crippen LogP contribution is -1.91. The van der Waals surface area contributed by atoms with E-state index < -0.39 is 0 Å². The van der Waals surface area contributed by atoms with Crippen LogP contribution >= 0.6 is 0 Å². The van der Waals surface area contributed by atoms with Crippen molar-refractivity contribution in [3.05, 3.63) is 52.1 Å². The van der Waals surface area contributed by atoms with E-state index in [1.54, 1.807) is 0 Å².